The van der Waals surface area contributed by atoms with Crippen molar-refractivity contribution in [2.24, 2.45) is 0 Å². The van der Waals surface area contributed by atoms with Gasteiger partial charge in [0, 0.05) is 17.1 Å². The Morgan fingerprint density at radius 2 is 2.23 bits per heavy atom. The highest BCUT2D eigenvalue weighted by Gasteiger charge is 2.04. The number of carboxylic acids is 1. The van der Waals surface area contributed by atoms with E-state index in [1.54, 1.807) is 0 Å². The van der Waals surface area contributed by atoms with Gasteiger partial charge < -0.3 is 10.1 Å². The lowest BCUT2D eigenvalue weighted by Gasteiger charge is -1.98. The molecule has 0 amide bonds. The van der Waals surface area contributed by atoms with Gasteiger partial charge >= 0.3 is 5.97 Å². The molecule has 0 radical (unpaired) electrons. The second-order valence-corrected chi connectivity index (χ2v) is 2.93. The maximum atomic E-state index is 10.5. The topological polar surface area (TPSA) is 53.1 Å². The summed E-state index contributed by atoms with van der Waals surface area (Å²) in [5, 5.41) is 9.64. The summed E-state index contributed by atoms with van der Waals surface area (Å²) in [5.41, 5.74) is 1.84. The fraction of sp³-hybridized carbons (Fsp3) is 0.100. The van der Waals surface area contributed by atoms with Gasteiger partial charge in [-0.2, -0.15) is 0 Å². The Morgan fingerprint density at radius 1 is 1.38 bits per heavy atom. The first-order valence-electron chi connectivity index (χ1n) is 4.04. The molecule has 0 spiro atoms. The third kappa shape index (κ3) is 1.40. The zero-order valence-electron chi connectivity index (χ0n) is 6.95. The fourth-order valence-electron chi connectivity index (χ4n) is 1.47. The molecule has 0 fully saturated rings. The predicted molar refractivity (Wildman–Crippen MR) is 49.6 cm³/mol. The van der Waals surface area contributed by atoms with E-state index in [-0.39, 0.29) is 6.42 Å². The lowest BCUT2D eigenvalue weighted by molar-refractivity contribution is -0.136. The van der Waals surface area contributed by atoms with Gasteiger partial charge in [0.25, 0.3) is 0 Å². The van der Waals surface area contributed by atoms with E-state index >= 15 is 0 Å². The molecular formula is C10H9NO2. The SMILES string of the molecule is O=C(O)Cc1cccc2[nH]ccc12. The van der Waals surface area contributed by atoms with Gasteiger partial charge in [0.15, 0.2) is 0 Å². The molecule has 13 heavy (non-hydrogen) atoms. The molecule has 0 atom stereocenters. The molecule has 66 valence electrons. The number of aromatic nitrogens is 1. The van der Waals surface area contributed by atoms with Gasteiger partial charge in [-0.1, -0.05) is 12.1 Å². The van der Waals surface area contributed by atoms with E-state index in [1.807, 2.05) is 30.5 Å². The number of rotatable bonds is 2. The van der Waals surface area contributed by atoms with Gasteiger partial charge in [0.1, 0.15) is 0 Å². The second kappa shape index (κ2) is 2.94. The summed E-state index contributed by atoms with van der Waals surface area (Å²) in [6.07, 6.45) is 1.89. The Kier molecular flexibility index (Phi) is 1.77. The first kappa shape index (κ1) is 7.86. The Morgan fingerprint density at radius 3 is 3.00 bits per heavy atom. The minimum atomic E-state index is -0.797. The van der Waals surface area contributed by atoms with Gasteiger partial charge in [0.2, 0.25) is 0 Å². The first-order chi connectivity index (χ1) is 6.27. The van der Waals surface area contributed by atoms with Crippen LogP contribution in [0, 0.1) is 0 Å². The summed E-state index contributed by atoms with van der Waals surface area (Å²) in [4.78, 5) is 13.6. The number of aromatic amines is 1. The largest absolute Gasteiger partial charge is 0.481 e. The molecule has 0 aliphatic rings. The van der Waals surface area contributed by atoms with Crippen LogP contribution >= 0.6 is 0 Å². The van der Waals surface area contributed by atoms with Gasteiger partial charge in [-0.05, 0) is 17.7 Å². The number of H-pyrrole nitrogens is 1. The zero-order valence-corrected chi connectivity index (χ0v) is 6.95. The lowest BCUT2D eigenvalue weighted by atomic mass is 10.1. The van der Waals surface area contributed by atoms with E-state index in [2.05, 4.69) is 4.98 Å². The van der Waals surface area contributed by atoms with Gasteiger partial charge in [0.05, 0.1) is 6.42 Å². The fourth-order valence-corrected chi connectivity index (χ4v) is 1.47. The van der Waals surface area contributed by atoms with Crippen molar-refractivity contribution in [1.29, 1.82) is 0 Å². The van der Waals surface area contributed by atoms with Crippen LogP contribution in [0.3, 0.4) is 0 Å². The average Bonchev–Trinajstić information content (AvgIpc) is 2.51. The molecule has 0 aliphatic heterocycles. The Balaban J connectivity index is 2.54. The molecule has 3 nitrogen and oxygen atoms in total. The van der Waals surface area contributed by atoms with E-state index in [4.69, 9.17) is 5.11 Å². The van der Waals surface area contributed by atoms with Crippen molar-refractivity contribution in [3.05, 3.63) is 36.0 Å². The Hall–Kier alpha value is -1.77. The van der Waals surface area contributed by atoms with Gasteiger partial charge in [-0.25, -0.2) is 0 Å². The van der Waals surface area contributed by atoms with Crippen LogP contribution in [0.1, 0.15) is 5.56 Å². The standard InChI is InChI=1S/C10H9NO2/c12-10(13)6-7-2-1-3-9-8(7)4-5-11-9/h1-5,11H,6H2,(H,12,13). The van der Waals surface area contributed by atoms with Gasteiger partial charge in [-0.3, -0.25) is 4.79 Å². The lowest BCUT2D eigenvalue weighted by Crippen LogP contribution is -1.99. The minimum Gasteiger partial charge on any atom is -0.481 e. The molecular weight excluding hydrogens is 166 g/mol. The highest BCUT2D eigenvalue weighted by atomic mass is 16.4. The number of carbonyl (C=O) groups is 1. The molecule has 0 saturated heterocycles. The molecule has 0 saturated carbocycles. The Bertz CT molecular complexity index is 445. The van der Waals surface area contributed by atoms with Crippen LogP contribution in [0.5, 0.6) is 0 Å². The van der Waals surface area contributed by atoms with E-state index < -0.39 is 5.97 Å². The number of nitrogens with one attached hydrogen (secondary N) is 1. The van der Waals surface area contributed by atoms with Crippen LogP contribution in [0.2, 0.25) is 0 Å². The van der Waals surface area contributed by atoms with Crippen molar-refractivity contribution in [3.63, 3.8) is 0 Å². The first-order valence-corrected chi connectivity index (χ1v) is 4.04. The third-order valence-electron chi connectivity index (χ3n) is 2.03. The Labute approximate surface area is 75.0 Å². The molecule has 0 aliphatic carbocycles. The summed E-state index contributed by atoms with van der Waals surface area (Å²) in [6.45, 7) is 0. The van der Waals surface area contributed by atoms with Gasteiger partial charge in [-0.15, -0.1) is 0 Å². The zero-order chi connectivity index (χ0) is 9.26. The molecule has 2 aromatic rings. The average molecular weight is 175 g/mol. The van der Waals surface area contributed by atoms with Crippen molar-refractivity contribution in [3.8, 4) is 0 Å². The van der Waals surface area contributed by atoms with E-state index in [0.717, 1.165) is 16.5 Å². The normalized spacial score (nSPS) is 10.5. The van der Waals surface area contributed by atoms with Crippen LogP contribution < -0.4 is 0 Å². The summed E-state index contributed by atoms with van der Waals surface area (Å²) in [7, 11) is 0. The maximum absolute atomic E-state index is 10.5. The smallest absolute Gasteiger partial charge is 0.307 e. The molecule has 2 rings (SSSR count). The number of carboxylic acid groups (broad SMARTS) is 1. The van der Waals surface area contributed by atoms with Crippen LogP contribution in [-0.4, -0.2) is 16.1 Å². The summed E-state index contributed by atoms with van der Waals surface area (Å²) >= 11 is 0. The van der Waals surface area contributed by atoms with Crippen LogP contribution in [-0.2, 0) is 11.2 Å². The van der Waals surface area contributed by atoms with Crippen molar-refractivity contribution >= 4 is 16.9 Å². The third-order valence-corrected chi connectivity index (χ3v) is 2.03. The summed E-state index contributed by atoms with van der Waals surface area (Å²) in [6, 6.07) is 7.52. The highest BCUT2D eigenvalue weighted by Crippen LogP contribution is 2.17. The van der Waals surface area contributed by atoms with Crippen molar-refractivity contribution in [1.82, 2.24) is 4.98 Å². The van der Waals surface area contributed by atoms with Crippen molar-refractivity contribution in [2.75, 3.05) is 0 Å². The molecule has 2 N–H and O–H groups in total. The number of fused-ring (bicyclic) bond motifs is 1. The molecule has 1 heterocycles. The molecule has 1 aromatic carbocycles. The van der Waals surface area contributed by atoms with Crippen LogP contribution in [0.15, 0.2) is 30.5 Å². The minimum absolute atomic E-state index is 0.0786. The van der Waals surface area contributed by atoms with Crippen LogP contribution in [0.4, 0.5) is 0 Å². The van der Waals surface area contributed by atoms with Crippen molar-refractivity contribution in [2.45, 2.75) is 6.42 Å². The highest BCUT2D eigenvalue weighted by molar-refractivity contribution is 5.86. The molecule has 3 heteroatoms. The monoisotopic (exact) mass is 175 g/mol. The number of hydrogen-bond acceptors (Lipinski definition) is 1. The number of benzene rings is 1. The van der Waals surface area contributed by atoms with Crippen molar-refractivity contribution < 1.29 is 9.90 Å². The summed E-state index contributed by atoms with van der Waals surface area (Å²) in [5.74, 6) is -0.797. The van der Waals surface area contributed by atoms with E-state index in [0.29, 0.717) is 0 Å². The number of hydrogen-bond donors (Lipinski definition) is 2. The second-order valence-electron chi connectivity index (χ2n) is 2.93. The summed E-state index contributed by atoms with van der Waals surface area (Å²) < 4.78 is 0. The molecule has 0 bridgehead atoms. The number of aliphatic carboxylic acids is 1. The quantitative estimate of drug-likeness (QED) is 0.731. The van der Waals surface area contributed by atoms with Crippen LogP contribution in [0.25, 0.3) is 10.9 Å². The van der Waals surface area contributed by atoms with E-state index in [9.17, 15) is 4.79 Å². The molecule has 1 aromatic heterocycles. The molecule has 0 unspecified atom stereocenters. The van der Waals surface area contributed by atoms with E-state index in [1.165, 1.54) is 0 Å². The predicted octanol–water partition coefficient (Wildman–Crippen LogP) is 1.79. The maximum Gasteiger partial charge on any atom is 0.307 e.